The predicted octanol–water partition coefficient (Wildman–Crippen LogP) is 33.5. The minimum absolute atomic E-state index is 0.387. The topological polar surface area (TPSA) is 114 Å². The molecule has 9 heteroatoms. The van der Waals surface area contributed by atoms with E-state index in [0.717, 1.165) is 94.3 Å². The highest BCUT2D eigenvalue weighted by Gasteiger charge is 2.29. The van der Waals surface area contributed by atoms with Crippen LogP contribution < -0.4 is 0 Å². The predicted molar refractivity (Wildman–Crippen MR) is 574 cm³/mol. The Morgan fingerprint density at radius 3 is 0.957 bits per heavy atom. The number of aromatic nitrogens is 7. The van der Waals surface area contributed by atoms with Crippen molar-refractivity contribution >= 4 is 130 Å². The molecule has 139 heavy (non-hydrogen) atoms. The molecule has 0 unspecified atom stereocenters. The first-order chi connectivity index (χ1) is 68.9. The zero-order valence-electron chi connectivity index (χ0n) is 74.8. The van der Waals surface area contributed by atoms with Crippen LogP contribution in [-0.2, 0) is 0 Å². The van der Waals surface area contributed by atoms with Crippen molar-refractivity contribution in [3.63, 3.8) is 0 Å². The van der Waals surface area contributed by atoms with Crippen molar-refractivity contribution in [2.75, 3.05) is 0 Å². The number of pyridine rings is 2. The second kappa shape index (κ2) is 31.3. The molecular formula is C130H75N9. The molecular weight excluding hydrogens is 1690 g/mol. The molecule has 0 spiro atoms. The van der Waals surface area contributed by atoms with Crippen LogP contribution in [0.5, 0.6) is 0 Å². The van der Waals surface area contributed by atoms with Gasteiger partial charge in [-0.05, 0) is 271 Å². The van der Waals surface area contributed by atoms with Crippen molar-refractivity contribution in [2.24, 2.45) is 0 Å². The summed E-state index contributed by atoms with van der Waals surface area (Å²) in [4.78, 5) is 19.5. The zero-order chi connectivity index (χ0) is 91.6. The summed E-state index contributed by atoms with van der Waals surface area (Å²) in [6.07, 6.45) is 0. The highest BCUT2D eigenvalue weighted by molar-refractivity contribution is 6.24. The fourth-order valence-corrected chi connectivity index (χ4v) is 22.8. The Hall–Kier alpha value is -19.1. The highest BCUT2D eigenvalue weighted by atomic mass is 15.1. The van der Waals surface area contributed by atoms with E-state index in [1.165, 1.54) is 181 Å². The molecule has 0 saturated carbocycles. The number of fused-ring (bicyclic) bond motifs is 21. The summed E-state index contributed by atoms with van der Waals surface area (Å²) < 4.78 is 7.00. The number of hydrogen-bond acceptors (Lipinski definition) is 6. The largest absolute Gasteiger partial charge is 0.309 e. The maximum Gasteiger partial charge on any atom is 0.161 e. The molecule has 0 radical (unpaired) electrons. The van der Waals surface area contributed by atoms with Crippen LogP contribution in [0, 0.1) is 22.7 Å². The molecule has 0 N–H and O–H groups in total. The van der Waals surface area contributed by atoms with Crippen LogP contribution >= 0.6 is 0 Å². The standard InChI is InChI=1S/C44H25N3.C43H24N4.C43H26N2/c45-26-29-25-41(46-40-14-5-3-8-32(29)40)27-16-19-30(20-17-27)47-42-15-6-4-11-35(42)39-24-28(18-23-43(39)47)31-21-22-38-34-10-2-1-9-33(34)37-13-7-12-36(31)44(37)38;44-25-39-36-11-3-5-14-38(36)45-43(46-39)26-16-19-28(20-17-26)47-40-15-6-4-10-32(40)37-24-27(18-23-41(37)47)29-21-22-35-31-9-2-1-8-30(31)34-13-7-12-33(29)42(34)35;1-2-11-27(12-3-1)37-26-42(44-39-19-8-6-15-32(37)39)45-40-20-9-7-16-33(40)38-25-28(21-24-41(38)45)29-22-23-36-31-14-5-4-13-30(31)35-18-10-17-34(29)43(35)36/h1-25H;1-24H;1-26H. The minimum atomic E-state index is 0.387. The van der Waals surface area contributed by atoms with Gasteiger partial charge >= 0.3 is 0 Å². The van der Waals surface area contributed by atoms with Crippen molar-refractivity contribution in [1.82, 2.24) is 33.6 Å². The van der Waals surface area contributed by atoms with E-state index in [2.05, 4.69) is 419 Å². The zero-order valence-corrected chi connectivity index (χ0v) is 74.8. The molecule has 27 aromatic rings. The van der Waals surface area contributed by atoms with Gasteiger partial charge in [0.25, 0.3) is 0 Å². The van der Waals surface area contributed by atoms with Gasteiger partial charge < -0.3 is 9.13 Å². The monoisotopic (exact) mass is 1760 g/mol. The Morgan fingerprint density at radius 2 is 0.511 bits per heavy atom. The average molecular weight is 1760 g/mol. The summed E-state index contributed by atoms with van der Waals surface area (Å²) in [6.45, 7) is 0. The Kier molecular flexibility index (Phi) is 17.7. The molecule has 0 bridgehead atoms. The normalized spacial score (nSPS) is 11.9. The van der Waals surface area contributed by atoms with E-state index in [4.69, 9.17) is 15.0 Å². The molecule has 6 aromatic heterocycles. The van der Waals surface area contributed by atoms with E-state index in [9.17, 15) is 10.5 Å². The van der Waals surface area contributed by atoms with E-state index >= 15 is 0 Å². The molecule has 0 atom stereocenters. The molecule has 0 amide bonds. The third kappa shape index (κ3) is 12.3. The van der Waals surface area contributed by atoms with Crippen LogP contribution in [-0.4, -0.2) is 33.6 Å². The number of para-hydroxylation sites is 6. The quantitative estimate of drug-likeness (QED) is 0.142. The number of nitrogens with zero attached hydrogens (tertiary/aromatic N) is 9. The Morgan fingerprint density at radius 1 is 0.180 bits per heavy atom. The van der Waals surface area contributed by atoms with Crippen molar-refractivity contribution in [3.05, 3.63) is 466 Å². The van der Waals surface area contributed by atoms with Crippen LogP contribution in [0.4, 0.5) is 0 Å². The molecule has 30 rings (SSSR count). The highest BCUT2D eigenvalue weighted by Crippen LogP contribution is 2.55. The maximum atomic E-state index is 9.80. The smallest absolute Gasteiger partial charge is 0.161 e. The fraction of sp³-hybridized carbons (Fsp3) is 0. The van der Waals surface area contributed by atoms with Crippen molar-refractivity contribution < 1.29 is 0 Å². The SMILES string of the molecule is N#Cc1cc(-c2ccc(-n3c4ccccc4c4cc(-c5ccc6c7c(cccc57)-c5ccccc5-6)ccc43)cc2)nc2ccccc12.N#Cc1nc(-c2ccc(-n3c4ccccc4c4cc(-c5ccc6c7c(cccc57)-c5ccccc5-6)ccc43)cc2)nc2ccccc12.c1ccc(-c2cc(-n3c4ccccc4c4cc(-c5ccc6c7c(cccc57)-c5ccccc5-6)ccc43)nc3ccccc23)cc1. The number of hydrogen-bond donors (Lipinski definition) is 0. The van der Waals surface area contributed by atoms with Gasteiger partial charge in [0.15, 0.2) is 11.5 Å². The summed E-state index contributed by atoms with van der Waals surface area (Å²) in [5, 5.41) is 37.6. The second-order valence-electron chi connectivity index (χ2n) is 36.3. The Labute approximate surface area is 798 Å². The van der Waals surface area contributed by atoms with Crippen molar-refractivity contribution in [1.29, 1.82) is 10.5 Å². The number of nitriles is 2. The lowest BCUT2D eigenvalue weighted by Gasteiger charge is -2.13. The van der Waals surface area contributed by atoms with Gasteiger partial charge in [-0.3, -0.25) is 4.57 Å². The molecule has 640 valence electrons. The van der Waals surface area contributed by atoms with Gasteiger partial charge in [-0.2, -0.15) is 10.5 Å². The van der Waals surface area contributed by atoms with Crippen LogP contribution in [0.2, 0.25) is 0 Å². The van der Waals surface area contributed by atoms with Gasteiger partial charge in [0.1, 0.15) is 11.9 Å². The van der Waals surface area contributed by atoms with Gasteiger partial charge in [-0.25, -0.2) is 19.9 Å². The van der Waals surface area contributed by atoms with Crippen molar-refractivity contribution in [3.8, 4) is 163 Å². The third-order valence-electron chi connectivity index (χ3n) is 29.0. The Balaban J connectivity index is 0.000000103. The first-order valence-electron chi connectivity index (χ1n) is 47.1. The lowest BCUT2D eigenvalue weighted by Crippen LogP contribution is -1.99. The summed E-state index contributed by atoms with van der Waals surface area (Å²) in [5.41, 5.74) is 40.9. The summed E-state index contributed by atoms with van der Waals surface area (Å²) in [6, 6.07) is 167. The van der Waals surface area contributed by atoms with Crippen LogP contribution in [0.15, 0.2) is 455 Å². The Bertz CT molecular complexity index is 9580. The van der Waals surface area contributed by atoms with Crippen LogP contribution in [0.1, 0.15) is 11.3 Å². The van der Waals surface area contributed by atoms with Crippen molar-refractivity contribution in [2.45, 2.75) is 0 Å². The van der Waals surface area contributed by atoms with Gasteiger partial charge in [-0.1, -0.05) is 328 Å². The maximum absolute atomic E-state index is 9.80. The minimum Gasteiger partial charge on any atom is -0.309 e. The molecule has 6 heterocycles. The first kappa shape index (κ1) is 78.6. The molecule has 3 aliphatic carbocycles. The third-order valence-corrected chi connectivity index (χ3v) is 29.0. The second-order valence-corrected chi connectivity index (χ2v) is 36.3. The molecule has 0 aliphatic heterocycles. The van der Waals surface area contributed by atoms with E-state index in [0.29, 0.717) is 17.1 Å². The van der Waals surface area contributed by atoms with E-state index < -0.39 is 0 Å². The van der Waals surface area contributed by atoms with Gasteiger partial charge in [0.2, 0.25) is 0 Å². The van der Waals surface area contributed by atoms with E-state index in [1.807, 2.05) is 66.7 Å². The summed E-state index contributed by atoms with van der Waals surface area (Å²) in [5.74, 6) is 1.47. The van der Waals surface area contributed by atoms with Gasteiger partial charge in [0, 0.05) is 71.0 Å². The van der Waals surface area contributed by atoms with Gasteiger partial charge in [0.05, 0.1) is 67.0 Å². The number of benzene rings is 21. The summed E-state index contributed by atoms with van der Waals surface area (Å²) >= 11 is 0. The van der Waals surface area contributed by atoms with E-state index in [1.54, 1.807) is 0 Å². The molecule has 9 nitrogen and oxygen atoms in total. The molecule has 0 fully saturated rings. The van der Waals surface area contributed by atoms with Gasteiger partial charge in [-0.15, -0.1) is 0 Å². The summed E-state index contributed by atoms with van der Waals surface area (Å²) in [7, 11) is 0. The fourth-order valence-electron chi connectivity index (χ4n) is 22.8. The van der Waals surface area contributed by atoms with Crippen LogP contribution in [0.3, 0.4) is 0 Å². The molecule has 0 saturated heterocycles. The molecule has 21 aromatic carbocycles. The molecule has 3 aliphatic rings. The van der Waals surface area contributed by atoms with Crippen LogP contribution in [0.25, 0.3) is 282 Å². The van der Waals surface area contributed by atoms with E-state index in [-0.39, 0.29) is 0 Å². The lowest BCUT2D eigenvalue weighted by atomic mass is 9.93. The first-order valence-corrected chi connectivity index (χ1v) is 47.1. The lowest BCUT2D eigenvalue weighted by molar-refractivity contribution is 1.10. The average Bonchev–Trinajstić information content (AvgIpc) is 1.57. The number of rotatable bonds is 9.